The number of aryl methyl sites for hydroxylation is 1. The zero-order chi connectivity index (χ0) is 12.3. The van der Waals surface area contributed by atoms with Crippen molar-refractivity contribution in [2.24, 2.45) is 5.10 Å². The van der Waals surface area contributed by atoms with Gasteiger partial charge in [-0.3, -0.25) is 0 Å². The van der Waals surface area contributed by atoms with Crippen LogP contribution in [0, 0.1) is 0 Å². The van der Waals surface area contributed by atoms with E-state index in [0.29, 0.717) is 6.61 Å². The minimum absolute atomic E-state index is 0.329. The Balaban J connectivity index is 2.51. The third-order valence-electron chi connectivity index (χ3n) is 2.48. The summed E-state index contributed by atoms with van der Waals surface area (Å²) in [4.78, 5) is 0. The van der Waals surface area contributed by atoms with Gasteiger partial charge in [-0.25, -0.2) is 4.57 Å². The lowest BCUT2D eigenvalue weighted by atomic mass is 10.3. The molecule has 0 spiro atoms. The summed E-state index contributed by atoms with van der Waals surface area (Å²) in [5.74, 6) is 0. The van der Waals surface area contributed by atoms with Crippen LogP contribution in [0.3, 0.4) is 0 Å². The Morgan fingerprint density at radius 3 is 2.88 bits per heavy atom. The van der Waals surface area contributed by atoms with Gasteiger partial charge in [-0.2, -0.15) is 0 Å². The summed E-state index contributed by atoms with van der Waals surface area (Å²) in [6, 6.07) is 7.79. The zero-order valence-corrected chi connectivity index (χ0v) is 9.96. The van der Waals surface area contributed by atoms with Gasteiger partial charge in [0.25, 0.3) is 6.33 Å². The molecule has 1 aromatic heterocycles. The molecule has 0 aliphatic carbocycles. The van der Waals surface area contributed by atoms with E-state index in [2.05, 4.69) is 5.10 Å². The molecule has 0 saturated heterocycles. The summed E-state index contributed by atoms with van der Waals surface area (Å²) in [6.07, 6.45) is 1.22. The molecule has 0 bridgehead atoms. The van der Waals surface area contributed by atoms with Crippen LogP contribution in [0.5, 0.6) is 0 Å². The molecule has 0 radical (unpaired) electrons. The number of para-hydroxylation sites is 2. The van der Waals surface area contributed by atoms with E-state index in [1.165, 1.54) is 0 Å². The number of hydrogen-bond donors (Lipinski definition) is 0. The molecule has 17 heavy (non-hydrogen) atoms. The Bertz CT molecular complexity index is 546. The fourth-order valence-electron chi connectivity index (χ4n) is 1.73. The average molecular weight is 233 g/mol. The fraction of sp³-hybridized carbons (Fsp3) is 0.333. The summed E-state index contributed by atoms with van der Waals surface area (Å²) in [7, 11) is 0. The van der Waals surface area contributed by atoms with E-state index in [4.69, 9.17) is 4.74 Å². The molecule has 1 aromatic carbocycles. The summed E-state index contributed by atoms with van der Waals surface area (Å²) in [5, 5.41) is 15.2. The van der Waals surface area contributed by atoms with Crippen LogP contribution in [0.15, 0.2) is 35.7 Å². The maximum Gasteiger partial charge on any atom is 0.270 e. The lowest BCUT2D eigenvalue weighted by Crippen LogP contribution is -2.30. The van der Waals surface area contributed by atoms with Crippen LogP contribution >= 0.6 is 0 Å². The zero-order valence-electron chi connectivity index (χ0n) is 9.96. The molecule has 0 fully saturated rings. The number of rotatable bonds is 3. The summed E-state index contributed by atoms with van der Waals surface area (Å²) in [6.45, 7) is 4.95. The molecule has 5 heteroatoms. The van der Waals surface area contributed by atoms with Crippen molar-refractivity contribution in [2.45, 2.75) is 20.4 Å². The standard InChI is InChI=1S/C12H15N3O2/c1-3-14-9-15(13-12(16)17-4-2)11-8-6-5-7-10(11)14/h5-9H,3-4H2,1-2H3. The van der Waals surface area contributed by atoms with E-state index >= 15 is 0 Å². The van der Waals surface area contributed by atoms with Gasteiger partial charge >= 0.3 is 0 Å². The van der Waals surface area contributed by atoms with Gasteiger partial charge in [0.15, 0.2) is 11.6 Å². The van der Waals surface area contributed by atoms with Gasteiger partial charge in [0, 0.05) is 0 Å². The minimum Gasteiger partial charge on any atom is -0.598 e. The molecule has 2 rings (SSSR count). The third-order valence-corrected chi connectivity index (χ3v) is 2.48. The highest BCUT2D eigenvalue weighted by Crippen LogP contribution is 2.10. The van der Waals surface area contributed by atoms with E-state index in [1.807, 2.05) is 35.8 Å². The van der Waals surface area contributed by atoms with Crippen LogP contribution in [0.1, 0.15) is 13.8 Å². The number of imidazole rings is 1. The van der Waals surface area contributed by atoms with Gasteiger partial charge in [0.05, 0.1) is 6.54 Å². The van der Waals surface area contributed by atoms with Gasteiger partial charge in [-0.15, -0.1) is 0 Å². The molecule has 2 aromatic rings. The number of hydrogen-bond acceptors (Lipinski definition) is 3. The molecule has 90 valence electrons. The number of nitrogens with zero attached hydrogens (tertiary/aromatic N) is 3. The molecule has 0 saturated carbocycles. The first-order valence-electron chi connectivity index (χ1n) is 5.64. The van der Waals surface area contributed by atoms with Crippen molar-refractivity contribution in [1.82, 2.24) is 4.68 Å². The summed E-state index contributed by atoms with van der Waals surface area (Å²) in [5.41, 5.74) is 1.94. The van der Waals surface area contributed by atoms with Crippen molar-refractivity contribution in [1.29, 1.82) is 0 Å². The molecule has 5 nitrogen and oxygen atoms in total. The molecule has 0 unspecified atom stereocenters. The van der Waals surface area contributed by atoms with Crippen molar-refractivity contribution in [3.05, 3.63) is 30.6 Å². The fourth-order valence-corrected chi connectivity index (χ4v) is 1.73. The number of benzene rings is 1. The third kappa shape index (κ3) is 2.22. The van der Waals surface area contributed by atoms with Crippen LogP contribution < -0.4 is 9.67 Å². The predicted molar refractivity (Wildman–Crippen MR) is 62.3 cm³/mol. The highest BCUT2D eigenvalue weighted by molar-refractivity contribution is 5.72. The van der Waals surface area contributed by atoms with Crippen molar-refractivity contribution in [3.8, 4) is 0 Å². The van der Waals surface area contributed by atoms with Gasteiger partial charge in [0.2, 0.25) is 5.52 Å². The van der Waals surface area contributed by atoms with Gasteiger partial charge < -0.3 is 9.84 Å². The molecule has 0 aliphatic heterocycles. The first-order valence-corrected chi connectivity index (χ1v) is 5.64. The Morgan fingerprint density at radius 1 is 1.41 bits per heavy atom. The van der Waals surface area contributed by atoms with Crippen molar-refractivity contribution in [2.75, 3.05) is 6.61 Å². The number of aromatic nitrogens is 2. The van der Waals surface area contributed by atoms with Crippen LogP contribution in [0.2, 0.25) is 0 Å². The smallest absolute Gasteiger partial charge is 0.270 e. The van der Waals surface area contributed by atoms with Crippen LogP contribution in [0.4, 0.5) is 0 Å². The Morgan fingerprint density at radius 2 is 2.18 bits per heavy atom. The quantitative estimate of drug-likeness (QED) is 0.439. The molecular formula is C12H15N3O2. The van der Waals surface area contributed by atoms with Crippen molar-refractivity contribution >= 4 is 17.1 Å². The van der Waals surface area contributed by atoms with E-state index < -0.39 is 6.08 Å². The van der Waals surface area contributed by atoms with Crippen molar-refractivity contribution in [3.63, 3.8) is 0 Å². The van der Waals surface area contributed by atoms with E-state index in [-0.39, 0.29) is 0 Å². The first kappa shape index (κ1) is 11.4. The highest BCUT2D eigenvalue weighted by Gasteiger charge is 2.13. The Hall–Kier alpha value is -2.04. The maximum absolute atomic E-state index is 11.3. The van der Waals surface area contributed by atoms with Crippen LogP contribution in [-0.4, -0.2) is 17.4 Å². The Kier molecular flexibility index (Phi) is 3.27. The largest absolute Gasteiger partial charge is 0.598 e. The van der Waals surface area contributed by atoms with Crippen molar-refractivity contribution < 1.29 is 14.4 Å². The minimum atomic E-state index is -0.573. The first-order chi connectivity index (χ1) is 8.26. The lowest BCUT2D eigenvalue weighted by molar-refractivity contribution is -0.668. The van der Waals surface area contributed by atoms with Gasteiger partial charge in [-0.05, 0) is 25.7 Å². The van der Waals surface area contributed by atoms with Gasteiger partial charge in [-0.1, -0.05) is 28.8 Å². The number of ether oxygens (including phenoxy) is 1. The molecule has 0 amide bonds. The van der Waals surface area contributed by atoms with Crippen LogP contribution in [0.25, 0.3) is 11.0 Å². The topological polar surface area (TPSA) is 53.5 Å². The summed E-state index contributed by atoms with van der Waals surface area (Å²) >= 11 is 0. The van der Waals surface area contributed by atoms with Crippen LogP contribution in [-0.2, 0) is 11.3 Å². The second-order valence-corrected chi connectivity index (χ2v) is 3.53. The lowest BCUT2D eigenvalue weighted by Gasteiger charge is -2.07. The maximum atomic E-state index is 11.3. The second kappa shape index (κ2) is 4.86. The average Bonchev–Trinajstić information content (AvgIpc) is 2.68. The van der Waals surface area contributed by atoms with E-state index in [0.717, 1.165) is 17.6 Å². The Labute approximate surface area is 99.6 Å². The molecule has 0 aliphatic rings. The monoisotopic (exact) mass is 233 g/mol. The molecular weight excluding hydrogens is 218 g/mol. The normalized spacial score (nSPS) is 12.0. The number of fused-ring (bicyclic) bond motifs is 1. The van der Waals surface area contributed by atoms with E-state index in [9.17, 15) is 5.11 Å². The molecule has 0 atom stereocenters. The second-order valence-electron chi connectivity index (χ2n) is 3.53. The predicted octanol–water partition coefficient (Wildman–Crippen LogP) is 0.465. The highest BCUT2D eigenvalue weighted by atomic mass is 16.6. The van der Waals surface area contributed by atoms with Gasteiger partial charge in [0.1, 0.15) is 0 Å². The van der Waals surface area contributed by atoms with E-state index in [1.54, 1.807) is 17.9 Å². The molecule has 0 N–H and O–H groups in total. The SMILES string of the molecule is CCO/C([O-])=N\n1c[n+](CC)c2ccccc21. The molecule has 1 heterocycles. The summed E-state index contributed by atoms with van der Waals surface area (Å²) < 4.78 is 8.38.